The molecule has 2 aliphatic rings. The molecule has 2 amide bonds. The first-order valence-electron chi connectivity index (χ1n) is 7.39. The number of carboxylic acids is 1. The summed E-state index contributed by atoms with van der Waals surface area (Å²) >= 11 is 0. The molecule has 0 spiro atoms. The molecule has 0 bridgehead atoms. The Kier molecular flexibility index (Phi) is 5.23. The summed E-state index contributed by atoms with van der Waals surface area (Å²) in [7, 11) is 0. The van der Waals surface area contributed by atoms with Crippen LogP contribution in [0.15, 0.2) is 0 Å². The van der Waals surface area contributed by atoms with E-state index < -0.39 is 11.9 Å². The molecule has 2 fully saturated rings. The van der Waals surface area contributed by atoms with E-state index in [0.717, 1.165) is 19.4 Å². The molecule has 0 aromatic heterocycles. The molecule has 114 valence electrons. The molecule has 2 rings (SSSR count). The van der Waals surface area contributed by atoms with Crippen molar-refractivity contribution >= 4 is 12.0 Å². The van der Waals surface area contributed by atoms with Crippen LogP contribution in [0.1, 0.15) is 26.2 Å². The molecule has 2 saturated heterocycles. The van der Waals surface area contributed by atoms with Gasteiger partial charge in [0.05, 0.1) is 12.5 Å². The number of hydrogen-bond donors (Lipinski definition) is 2. The highest BCUT2D eigenvalue weighted by atomic mass is 16.5. The number of urea groups is 1. The molecule has 6 nitrogen and oxygen atoms in total. The van der Waals surface area contributed by atoms with Crippen molar-refractivity contribution in [3.63, 3.8) is 0 Å². The third-order valence-electron chi connectivity index (χ3n) is 4.09. The molecule has 2 heterocycles. The van der Waals surface area contributed by atoms with Gasteiger partial charge in [0, 0.05) is 26.2 Å². The van der Waals surface area contributed by atoms with Gasteiger partial charge in [0.1, 0.15) is 0 Å². The third kappa shape index (κ3) is 4.10. The first kappa shape index (κ1) is 15.1. The highest BCUT2D eigenvalue weighted by Crippen LogP contribution is 2.22. The van der Waals surface area contributed by atoms with Crippen molar-refractivity contribution in [1.82, 2.24) is 10.2 Å². The average Bonchev–Trinajstić information content (AvgIpc) is 2.45. The van der Waals surface area contributed by atoms with E-state index in [0.29, 0.717) is 38.6 Å². The summed E-state index contributed by atoms with van der Waals surface area (Å²) in [5.74, 6) is -0.642. The summed E-state index contributed by atoms with van der Waals surface area (Å²) in [6.45, 7) is 5.07. The van der Waals surface area contributed by atoms with Crippen molar-refractivity contribution in [2.75, 3.05) is 32.8 Å². The number of piperidine rings is 1. The van der Waals surface area contributed by atoms with Gasteiger partial charge in [-0.3, -0.25) is 4.79 Å². The zero-order valence-corrected chi connectivity index (χ0v) is 12.0. The van der Waals surface area contributed by atoms with Crippen molar-refractivity contribution in [1.29, 1.82) is 0 Å². The maximum absolute atomic E-state index is 12.1. The van der Waals surface area contributed by atoms with Crippen molar-refractivity contribution in [3.8, 4) is 0 Å². The molecule has 20 heavy (non-hydrogen) atoms. The van der Waals surface area contributed by atoms with Gasteiger partial charge in [-0.15, -0.1) is 0 Å². The minimum atomic E-state index is -0.810. The molecular weight excluding hydrogens is 260 g/mol. The lowest BCUT2D eigenvalue weighted by molar-refractivity contribution is -0.143. The van der Waals surface area contributed by atoms with Crippen LogP contribution in [0.2, 0.25) is 0 Å². The molecule has 0 radical (unpaired) electrons. The van der Waals surface area contributed by atoms with E-state index in [1.165, 1.54) is 0 Å². The molecule has 6 heteroatoms. The highest BCUT2D eigenvalue weighted by molar-refractivity contribution is 5.76. The van der Waals surface area contributed by atoms with Crippen LogP contribution in [0.3, 0.4) is 0 Å². The van der Waals surface area contributed by atoms with Gasteiger partial charge in [-0.05, 0) is 31.1 Å². The second kappa shape index (κ2) is 6.92. The largest absolute Gasteiger partial charge is 0.481 e. The number of likely N-dealkylation sites (tertiary alicyclic amines) is 1. The summed E-state index contributed by atoms with van der Waals surface area (Å²) < 4.78 is 5.38. The fraction of sp³-hybridized carbons (Fsp3) is 0.857. The van der Waals surface area contributed by atoms with E-state index in [4.69, 9.17) is 9.84 Å². The van der Waals surface area contributed by atoms with E-state index in [1.54, 1.807) is 4.90 Å². The molecule has 0 aliphatic carbocycles. The van der Waals surface area contributed by atoms with E-state index in [1.807, 2.05) is 6.92 Å². The van der Waals surface area contributed by atoms with Gasteiger partial charge in [0.25, 0.3) is 0 Å². The number of ether oxygens (including phenoxy) is 1. The lowest BCUT2D eigenvalue weighted by Crippen LogP contribution is -2.50. The van der Waals surface area contributed by atoms with Crippen molar-refractivity contribution < 1.29 is 19.4 Å². The summed E-state index contributed by atoms with van der Waals surface area (Å²) in [5, 5.41) is 12.0. The average molecular weight is 284 g/mol. The smallest absolute Gasteiger partial charge is 0.317 e. The zero-order valence-electron chi connectivity index (χ0n) is 12.0. The monoisotopic (exact) mass is 284 g/mol. The SMILES string of the molecule is CC1CC(C(=O)O)CN(C(=O)NCC2CCCOC2)C1. The fourth-order valence-electron chi connectivity index (χ4n) is 3.01. The first-order valence-corrected chi connectivity index (χ1v) is 7.39. The van der Waals surface area contributed by atoms with Crippen LogP contribution in [-0.4, -0.2) is 54.9 Å². The number of carbonyl (C=O) groups excluding carboxylic acids is 1. The van der Waals surface area contributed by atoms with Crippen molar-refractivity contribution in [3.05, 3.63) is 0 Å². The molecule has 3 unspecified atom stereocenters. The Labute approximate surface area is 119 Å². The lowest BCUT2D eigenvalue weighted by Gasteiger charge is -2.35. The Hall–Kier alpha value is -1.30. The minimum Gasteiger partial charge on any atom is -0.481 e. The van der Waals surface area contributed by atoms with E-state index >= 15 is 0 Å². The lowest BCUT2D eigenvalue weighted by atomic mass is 9.91. The van der Waals surface area contributed by atoms with Gasteiger partial charge < -0.3 is 20.1 Å². The van der Waals surface area contributed by atoms with Gasteiger partial charge in [-0.2, -0.15) is 0 Å². The third-order valence-corrected chi connectivity index (χ3v) is 4.09. The standard InChI is InChI=1S/C14H24N2O4/c1-10-5-12(13(17)18)8-16(7-10)14(19)15-6-11-3-2-4-20-9-11/h10-12H,2-9H2,1H3,(H,15,19)(H,17,18). The Balaban J connectivity index is 1.80. The second-order valence-electron chi connectivity index (χ2n) is 6.05. The predicted octanol–water partition coefficient (Wildman–Crippen LogP) is 1.17. The van der Waals surface area contributed by atoms with Crippen LogP contribution in [0.4, 0.5) is 4.79 Å². The molecule has 2 N–H and O–H groups in total. The van der Waals surface area contributed by atoms with Crippen LogP contribution in [0, 0.1) is 17.8 Å². The Morgan fingerprint density at radius 2 is 2.20 bits per heavy atom. The van der Waals surface area contributed by atoms with Gasteiger partial charge in [-0.1, -0.05) is 6.92 Å². The molecule has 2 aliphatic heterocycles. The second-order valence-corrected chi connectivity index (χ2v) is 6.05. The number of hydrogen-bond acceptors (Lipinski definition) is 3. The van der Waals surface area contributed by atoms with E-state index in [-0.39, 0.29) is 11.9 Å². The molecule has 0 aromatic carbocycles. The number of nitrogens with zero attached hydrogens (tertiary/aromatic N) is 1. The number of carboxylic acid groups (broad SMARTS) is 1. The van der Waals surface area contributed by atoms with Crippen LogP contribution in [0.5, 0.6) is 0 Å². The van der Waals surface area contributed by atoms with Gasteiger partial charge in [0.2, 0.25) is 0 Å². The summed E-state index contributed by atoms with van der Waals surface area (Å²) in [6, 6.07) is -0.145. The molecular formula is C14H24N2O4. The highest BCUT2D eigenvalue weighted by Gasteiger charge is 2.32. The van der Waals surface area contributed by atoms with E-state index in [9.17, 15) is 9.59 Å². The molecule has 0 aromatic rings. The van der Waals surface area contributed by atoms with Crippen LogP contribution >= 0.6 is 0 Å². The van der Waals surface area contributed by atoms with Gasteiger partial charge in [-0.25, -0.2) is 4.79 Å². The van der Waals surface area contributed by atoms with E-state index in [2.05, 4.69) is 5.32 Å². The number of nitrogens with one attached hydrogen (secondary N) is 1. The number of aliphatic carboxylic acids is 1. The Morgan fingerprint density at radius 3 is 2.85 bits per heavy atom. The Bertz CT molecular complexity index is 355. The number of rotatable bonds is 3. The topological polar surface area (TPSA) is 78.9 Å². The molecule has 3 atom stereocenters. The zero-order chi connectivity index (χ0) is 14.5. The maximum atomic E-state index is 12.1. The Morgan fingerprint density at radius 1 is 1.40 bits per heavy atom. The minimum absolute atomic E-state index is 0.145. The maximum Gasteiger partial charge on any atom is 0.317 e. The summed E-state index contributed by atoms with van der Waals surface area (Å²) in [6.07, 6.45) is 2.77. The van der Waals surface area contributed by atoms with Crippen LogP contribution < -0.4 is 5.32 Å². The van der Waals surface area contributed by atoms with Gasteiger partial charge >= 0.3 is 12.0 Å². The number of amides is 2. The fourth-order valence-corrected chi connectivity index (χ4v) is 3.01. The first-order chi connectivity index (χ1) is 9.56. The summed E-state index contributed by atoms with van der Waals surface area (Å²) in [4.78, 5) is 24.9. The summed E-state index contributed by atoms with van der Waals surface area (Å²) in [5.41, 5.74) is 0. The van der Waals surface area contributed by atoms with Crippen molar-refractivity contribution in [2.45, 2.75) is 26.2 Å². The van der Waals surface area contributed by atoms with Gasteiger partial charge in [0.15, 0.2) is 0 Å². The van der Waals surface area contributed by atoms with Crippen LogP contribution in [-0.2, 0) is 9.53 Å². The van der Waals surface area contributed by atoms with Crippen molar-refractivity contribution in [2.24, 2.45) is 17.8 Å². The molecule has 0 saturated carbocycles. The predicted molar refractivity (Wildman–Crippen MR) is 73.4 cm³/mol. The quantitative estimate of drug-likeness (QED) is 0.815. The number of carbonyl (C=O) groups is 2. The van der Waals surface area contributed by atoms with Crippen LogP contribution in [0.25, 0.3) is 0 Å². The normalized spacial score (nSPS) is 30.9.